The quantitative estimate of drug-likeness (QED) is 0.509. The summed E-state index contributed by atoms with van der Waals surface area (Å²) in [6.45, 7) is 3.22. The fourth-order valence-corrected chi connectivity index (χ4v) is 3.69. The lowest BCUT2D eigenvalue weighted by atomic mass is 10.1. The summed E-state index contributed by atoms with van der Waals surface area (Å²) < 4.78 is 41.7. The molecule has 1 N–H and O–H groups in total. The number of amides is 1. The van der Waals surface area contributed by atoms with Crippen molar-refractivity contribution in [3.8, 4) is 5.69 Å². The number of carbonyl (C=O) groups is 1. The van der Waals surface area contributed by atoms with Crippen molar-refractivity contribution in [3.63, 3.8) is 0 Å². The minimum Gasteiger partial charge on any atom is -0.325 e. The van der Waals surface area contributed by atoms with Gasteiger partial charge in [0.15, 0.2) is 0 Å². The maximum atomic E-state index is 13.0. The molecule has 0 saturated heterocycles. The van der Waals surface area contributed by atoms with E-state index in [-0.39, 0.29) is 12.2 Å². The molecule has 0 unspecified atom stereocenters. The number of hydrogen-bond donors (Lipinski definition) is 1. The van der Waals surface area contributed by atoms with Gasteiger partial charge in [-0.25, -0.2) is 4.68 Å². The van der Waals surface area contributed by atoms with Crippen molar-refractivity contribution in [2.75, 3.05) is 5.32 Å². The summed E-state index contributed by atoms with van der Waals surface area (Å²) in [5.74, 6) is -0.630. The van der Waals surface area contributed by atoms with Crippen LogP contribution in [0.5, 0.6) is 0 Å². The van der Waals surface area contributed by atoms with Crippen molar-refractivity contribution < 1.29 is 18.0 Å². The maximum Gasteiger partial charge on any atom is 0.416 e. The number of aromatic nitrogens is 3. The van der Waals surface area contributed by atoms with Gasteiger partial charge < -0.3 is 5.32 Å². The predicted octanol–water partition coefficient (Wildman–Crippen LogP) is 4.46. The van der Waals surface area contributed by atoms with Gasteiger partial charge in [-0.3, -0.25) is 14.2 Å². The standard InChI is InChI=1S/C23H19F3N4O2/c1-14-11-20(32)29(13-19(31)27-17-8-6-7-16(12-17)23(24,25)26)22-21(14)15(2)28-30(22)18-9-4-3-5-10-18/h3-12H,13H2,1-2H3,(H,27,31). The van der Waals surface area contributed by atoms with Gasteiger partial charge in [0.25, 0.3) is 5.56 Å². The highest BCUT2D eigenvalue weighted by atomic mass is 19.4. The van der Waals surface area contributed by atoms with E-state index < -0.39 is 23.2 Å². The molecule has 164 valence electrons. The maximum absolute atomic E-state index is 13.0. The second-order valence-corrected chi connectivity index (χ2v) is 7.41. The van der Waals surface area contributed by atoms with E-state index in [0.29, 0.717) is 17.0 Å². The van der Waals surface area contributed by atoms with Crippen LogP contribution in [-0.2, 0) is 17.5 Å². The van der Waals surface area contributed by atoms with Crippen molar-refractivity contribution in [2.45, 2.75) is 26.6 Å². The third kappa shape index (κ3) is 4.01. The van der Waals surface area contributed by atoms with Crippen LogP contribution in [0.3, 0.4) is 0 Å². The molecule has 2 heterocycles. The average Bonchev–Trinajstić information content (AvgIpc) is 3.09. The molecule has 0 aliphatic carbocycles. The Hall–Kier alpha value is -3.88. The van der Waals surface area contributed by atoms with Crippen LogP contribution in [0.1, 0.15) is 16.8 Å². The molecule has 0 spiro atoms. The van der Waals surface area contributed by atoms with Crippen molar-refractivity contribution in [1.29, 1.82) is 0 Å². The van der Waals surface area contributed by atoms with Crippen molar-refractivity contribution in [2.24, 2.45) is 0 Å². The average molecular weight is 440 g/mol. The van der Waals surface area contributed by atoms with Crippen LogP contribution in [0.2, 0.25) is 0 Å². The second kappa shape index (κ2) is 7.99. The molecular formula is C23H19F3N4O2. The number of aryl methyl sites for hydroxylation is 2. The Morgan fingerprint density at radius 2 is 1.75 bits per heavy atom. The van der Waals surface area contributed by atoms with Gasteiger partial charge in [0.05, 0.1) is 16.9 Å². The van der Waals surface area contributed by atoms with E-state index in [2.05, 4.69) is 10.4 Å². The summed E-state index contributed by atoms with van der Waals surface area (Å²) >= 11 is 0. The van der Waals surface area contributed by atoms with E-state index >= 15 is 0 Å². The van der Waals surface area contributed by atoms with Crippen LogP contribution < -0.4 is 10.9 Å². The summed E-state index contributed by atoms with van der Waals surface area (Å²) in [7, 11) is 0. The first-order valence-corrected chi connectivity index (χ1v) is 9.77. The molecule has 4 rings (SSSR count). The molecule has 0 radical (unpaired) electrons. The SMILES string of the molecule is Cc1cc(=O)n(CC(=O)Nc2cccc(C(F)(F)F)c2)c2c1c(C)nn2-c1ccccc1. The molecule has 9 heteroatoms. The lowest BCUT2D eigenvalue weighted by molar-refractivity contribution is -0.137. The highest BCUT2D eigenvalue weighted by Crippen LogP contribution is 2.30. The number of benzene rings is 2. The second-order valence-electron chi connectivity index (χ2n) is 7.41. The van der Waals surface area contributed by atoms with Gasteiger partial charge in [0.2, 0.25) is 5.91 Å². The molecule has 0 atom stereocenters. The molecule has 2 aromatic carbocycles. The molecule has 2 aromatic heterocycles. The monoisotopic (exact) mass is 440 g/mol. The number of carbonyl (C=O) groups excluding carboxylic acids is 1. The molecule has 0 aliphatic rings. The number of alkyl halides is 3. The predicted molar refractivity (Wildman–Crippen MR) is 115 cm³/mol. The molecule has 32 heavy (non-hydrogen) atoms. The Morgan fingerprint density at radius 3 is 2.44 bits per heavy atom. The van der Waals surface area contributed by atoms with E-state index in [9.17, 15) is 22.8 Å². The van der Waals surface area contributed by atoms with Gasteiger partial charge in [-0.1, -0.05) is 24.3 Å². The van der Waals surface area contributed by atoms with Gasteiger partial charge in [0.1, 0.15) is 12.2 Å². The zero-order chi connectivity index (χ0) is 23.0. The molecule has 0 bridgehead atoms. The number of fused-ring (bicyclic) bond motifs is 1. The Kier molecular flexibility index (Phi) is 5.33. The zero-order valence-electron chi connectivity index (χ0n) is 17.3. The topological polar surface area (TPSA) is 68.9 Å². The molecule has 0 fully saturated rings. The van der Waals surface area contributed by atoms with Gasteiger partial charge in [-0.2, -0.15) is 18.3 Å². The van der Waals surface area contributed by atoms with Crippen molar-refractivity contribution in [1.82, 2.24) is 14.3 Å². The Bertz CT molecular complexity index is 1370. The zero-order valence-corrected chi connectivity index (χ0v) is 17.3. The summed E-state index contributed by atoms with van der Waals surface area (Å²) in [5.41, 5.74) is 1.27. The van der Waals surface area contributed by atoms with Crippen LogP contribution in [0.15, 0.2) is 65.5 Å². The van der Waals surface area contributed by atoms with Crippen LogP contribution in [-0.4, -0.2) is 20.3 Å². The van der Waals surface area contributed by atoms with Gasteiger partial charge in [0, 0.05) is 17.1 Å². The number of pyridine rings is 1. The number of para-hydroxylation sites is 1. The van der Waals surface area contributed by atoms with Gasteiger partial charge in [-0.05, 0) is 49.7 Å². The van der Waals surface area contributed by atoms with Crippen LogP contribution in [0, 0.1) is 13.8 Å². The number of nitrogens with one attached hydrogen (secondary N) is 1. The number of rotatable bonds is 4. The van der Waals surface area contributed by atoms with Crippen LogP contribution in [0.4, 0.5) is 18.9 Å². The minimum atomic E-state index is -4.53. The highest BCUT2D eigenvalue weighted by molar-refractivity contribution is 5.92. The minimum absolute atomic E-state index is 0.00558. The summed E-state index contributed by atoms with van der Waals surface area (Å²) in [6, 6.07) is 14.9. The molecule has 6 nitrogen and oxygen atoms in total. The van der Waals surface area contributed by atoms with E-state index in [0.717, 1.165) is 23.1 Å². The first-order chi connectivity index (χ1) is 15.1. The van der Waals surface area contributed by atoms with E-state index in [4.69, 9.17) is 0 Å². The number of hydrogen-bond acceptors (Lipinski definition) is 3. The highest BCUT2D eigenvalue weighted by Gasteiger charge is 2.30. The smallest absolute Gasteiger partial charge is 0.325 e. The molecular weight excluding hydrogens is 421 g/mol. The lowest BCUT2D eigenvalue weighted by Gasteiger charge is -2.13. The fraction of sp³-hybridized carbons (Fsp3) is 0.174. The molecule has 0 saturated carbocycles. The molecule has 0 aliphatic heterocycles. The van der Waals surface area contributed by atoms with E-state index in [1.54, 1.807) is 11.6 Å². The van der Waals surface area contributed by atoms with Gasteiger partial charge in [-0.15, -0.1) is 0 Å². The largest absolute Gasteiger partial charge is 0.416 e. The first-order valence-electron chi connectivity index (χ1n) is 9.77. The van der Waals surface area contributed by atoms with Crippen LogP contribution >= 0.6 is 0 Å². The van der Waals surface area contributed by atoms with Crippen molar-refractivity contribution >= 4 is 22.6 Å². The van der Waals surface area contributed by atoms with E-state index in [1.807, 2.05) is 37.3 Å². The Morgan fingerprint density at radius 1 is 1.03 bits per heavy atom. The number of halogens is 3. The third-order valence-electron chi connectivity index (χ3n) is 5.07. The lowest BCUT2D eigenvalue weighted by Crippen LogP contribution is -2.29. The van der Waals surface area contributed by atoms with E-state index in [1.165, 1.54) is 22.8 Å². The number of nitrogens with zero attached hydrogens (tertiary/aromatic N) is 3. The van der Waals surface area contributed by atoms with Crippen LogP contribution in [0.25, 0.3) is 16.7 Å². The normalized spacial score (nSPS) is 11.7. The Balaban J connectivity index is 1.75. The molecule has 1 amide bonds. The van der Waals surface area contributed by atoms with Crippen molar-refractivity contribution in [3.05, 3.63) is 87.8 Å². The van der Waals surface area contributed by atoms with Gasteiger partial charge >= 0.3 is 6.18 Å². The number of anilines is 1. The molecule has 4 aromatic rings. The fourth-order valence-electron chi connectivity index (χ4n) is 3.69. The summed E-state index contributed by atoms with van der Waals surface area (Å²) in [5, 5.41) is 7.74. The summed E-state index contributed by atoms with van der Waals surface area (Å²) in [6.07, 6.45) is -4.53. The first kappa shape index (κ1) is 21.4. The Labute approximate surface area is 180 Å². The third-order valence-corrected chi connectivity index (χ3v) is 5.07. The summed E-state index contributed by atoms with van der Waals surface area (Å²) in [4.78, 5) is 25.5.